The number of hydrogen-bond donors (Lipinski definition) is 0. The predicted molar refractivity (Wildman–Crippen MR) is 147 cm³/mol. The molecule has 1 unspecified atom stereocenters. The first-order valence-corrected chi connectivity index (χ1v) is 14.3. The summed E-state index contributed by atoms with van der Waals surface area (Å²) in [6.45, 7) is 2.14. The van der Waals surface area contributed by atoms with Gasteiger partial charge < -0.3 is 0 Å². The second-order valence-electron chi connectivity index (χ2n) is 7.53. The molecule has 0 amide bonds. The van der Waals surface area contributed by atoms with E-state index >= 15 is 0 Å². The summed E-state index contributed by atoms with van der Waals surface area (Å²) in [5.74, 6) is 0. The molecule has 0 N–H and O–H groups in total. The Bertz CT molecular complexity index is 927. The van der Waals surface area contributed by atoms with E-state index in [0.29, 0.717) is 0 Å². The van der Waals surface area contributed by atoms with Gasteiger partial charge in [-0.05, 0) is 43.5 Å². The van der Waals surface area contributed by atoms with Gasteiger partial charge in [0.1, 0.15) is 4.36 Å². The topological polar surface area (TPSA) is 0 Å². The first-order chi connectivity index (χ1) is 15.7. The van der Waals surface area contributed by atoms with Gasteiger partial charge in [-0.1, -0.05) is 128 Å². The summed E-state index contributed by atoms with van der Waals surface area (Å²) in [4.78, 5) is 0. The van der Waals surface area contributed by atoms with E-state index in [2.05, 4.69) is 128 Å². The van der Waals surface area contributed by atoms with Gasteiger partial charge in [-0.3, -0.25) is 0 Å². The average Bonchev–Trinajstić information content (AvgIpc) is 2.86. The Morgan fingerprint density at radius 2 is 0.812 bits per heavy atom. The lowest BCUT2D eigenvalue weighted by molar-refractivity contribution is 0.837. The normalized spacial score (nSPS) is 12.8. The van der Waals surface area contributed by atoms with E-state index in [0.717, 1.165) is 6.42 Å². The van der Waals surface area contributed by atoms with Gasteiger partial charge in [0.25, 0.3) is 0 Å². The van der Waals surface area contributed by atoms with Crippen LogP contribution in [0.15, 0.2) is 121 Å². The fourth-order valence-electron chi connectivity index (χ4n) is 3.97. The monoisotopic (exact) mass is 494 g/mol. The zero-order valence-corrected chi connectivity index (χ0v) is 21.3. The Morgan fingerprint density at radius 3 is 1.03 bits per heavy atom. The zero-order chi connectivity index (χ0) is 22.4. The number of rotatable bonds is 8. The molecule has 4 heteroatoms. The third-order valence-corrected chi connectivity index (χ3v) is 14.1. The molecular weight excluding hydrogens is 469 g/mol. The van der Waals surface area contributed by atoms with Crippen LogP contribution in [0.3, 0.4) is 0 Å². The zero-order valence-electron chi connectivity index (χ0n) is 18.0. The van der Waals surface area contributed by atoms with Crippen LogP contribution in [0.25, 0.3) is 0 Å². The van der Waals surface area contributed by atoms with Gasteiger partial charge in [0.05, 0.1) is 5.38 Å². The second kappa shape index (κ2) is 11.0. The smallest absolute Gasteiger partial charge is 0.115 e. The minimum absolute atomic E-state index is 0.206. The Balaban J connectivity index is 2.02. The molecular formula is C28H26Cl2P2. The summed E-state index contributed by atoms with van der Waals surface area (Å²) < 4.78 is -0.674. The van der Waals surface area contributed by atoms with E-state index in [1.165, 1.54) is 21.2 Å². The number of benzene rings is 4. The van der Waals surface area contributed by atoms with Crippen molar-refractivity contribution in [3.8, 4) is 0 Å². The summed E-state index contributed by atoms with van der Waals surface area (Å²) in [5, 5.41) is 4.80. The quantitative estimate of drug-likeness (QED) is 0.180. The van der Waals surface area contributed by atoms with E-state index in [1.807, 2.05) is 0 Å². The van der Waals surface area contributed by atoms with Crippen molar-refractivity contribution in [2.24, 2.45) is 0 Å². The maximum absolute atomic E-state index is 7.99. The first-order valence-electron chi connectivity index (χ1n) is 10.8. The number of hydrogen-bond acceptors (Lipinski definition) is 0. The summed E-state index contributed by atoms with van der Waals surface area (Å²) >= 11 is 15.2. The third kappa shape index (κ3) is 4.81. The molecule has 4 rings (SSSR count). The standard InChI is InChI=1S/C28H26Cl2P2/c1-2-27(29)28(30,31(23-15-7-3-8-16-23)24-17-9-4-10-18-24)32(25-19-11-5-12-20-25)26-21-13-6-14-22-26/h3-22,27H,2H2,1H3. The van der Waals surface area contributed by atoms with Crippen LogP contribution in [0.1, 0.15) is 13.3 Å². The molecule has 0 aliphatic carbocycles. The summed E-state index contributed by atoms with van der Waals surface area (Å²) in [6.07, 6.45) is 0.794. The van der Waals surface area contributed by atoms with Crippen molar-refractivity contribution in [1.82, 2.24) is 0 Å². The second-order valence-corrected chi connectivity index (χ2v) is 14.3. The van der Waals surface area contributed by atoms with Crippen LogP contribution in [-0.2, 0) is 0 Å². The van der Waals surface area contributed by atoms with Crippen LogP contribution in [0.2, 0.25) is 0 Å². The molecule has 0 saturated carbocycles. The number of halogens is 2. The summed E-state index contributed by atoms with van der Waals surface area (Å²) in [5.41, 5.74) is 0. The van der Waals surface area contributed by atoms with Gasteiger partial charge in [0, 0.05) is 0 Å². The number of alkyl halides is 2. The molecule has 0 aliphatic heterocycles. The molecule has 4 aromatic rings. The lowest BCUT2D eigenvalue weighted by Crippen LogP contribution is -2.41. The van der Waals surface area contributed by atoms with E-state index in [4.69, 9.17) is 23.2 Å². The van der Waals surface area contributed by atoms with Crippen molar-refractivity contribution in [2.45, 2.75) is 23.1 Å². The van der Waals surface area contributed by atoms with E-state index in [-0.39, 0.29) is 5.38 Å². The lowest BCUT2D eigenvalue weighted by Gasteiger charge is -2.45. The van der Waals surface area contributed by atoms with Crippen molar-refractivity contribution in [1.29, 1.82) is 0 Å². The minimum Gasteiger partial charge on any atom is -0.120 e. The lowest BCUT2D eigenvalue weighted by atomic mass is 10.3. The van der Waals surface area contributed by atoms with E-state index in [9.17, 15) is 0 Å². The maximum atomic E-state index is 7.99. The highest BCUT2D eigenvalue weighted by Crippen LogP contribution is 2.70. The van der Waals surface area contributed by atoms with Crippen molar-refractivity contribution in [3.63, 3.8) is 0 Å². The Morgan fingerprint density at radius 1 is 0.562 bits per heavy atom. The largest absolute Gasteiger partial charge is 0.120 e. The Kier molecular flexibility index (Phi) is 8.04. The molecule has 0 aliphatic rings. The predicted octanol–water partition coefficient (Wildman–Crippen LogP) is 7.16. The Hall–Kier alpha value is -1.68. The maximum Gasteiger partial charge on any atom is 0.115 e. The molecule has 0 spiro atoms. The summed E-state index contributed by atoms with van der Waals surface area (Å²) in [6, 6.07) is 42.7. The van der Waals surface area contributed by atoms with Gasteiger partial charge in [0.2, 0.25) is 0 Å². The third-order valence-electron chi connectivity index (χ3n) is 5.44. The van der Waals surface area contributed by atoms with Crippen molar-refractivity contribution in [2.75, 3.05) is 0 Å². The molecule has 162 valence electrons. The highest BCUT2D eigenvalue weighted by Gasteiger charge is 2.51. The van der Waals surface area contributed by atoms with E-state index < -0.39 is 20.2 Å². The van der Waals surface area contributed by atoms with Gasteiger partial charge in [-0.25, -0.2) is 0 Å². The highest BCUT2D eigenvalue weighted by atomic mass is 35.5. The van der Waals surface area contributed by atoms with Crippen molar-refractivity contribution < 1.29 is 0 Å². The van der Waals surface area contributed by atoms with Crippen LogP contribution < -0.4 is 21.2 Å². The average molecular weight is 495 g/mol. The molecule has 0 nitrogen and oxygen atoms in total. The van der Waals surface area contributed by atoms with Crippen LogP contribution in [0.4, 0.5) is 0 Å². The summed E-state index contributed by atoms with van der Waals surface area (Å²) in [7, 11) is -1.93. The molecule has 0 radical (unpaired) electrons. The fraction of sp³-hybridized carbons (Fsp3) is 0.143. The van der Waals surface area contributed by atoms with Gasteiger partial charge in [-0.15, -0.1) is 23.2 Å². The van der Waals surface area contributed by atoms with E-state index in [1.54, 1.807) is 0 Å². The molecule has 4 aromatic carbocycles. The fourth-order valence-corrected chi connectivity index (χ4v) is 12.9. The minimum atomic E-state index is -0.966. The Labute approximate surface area is 204 Å². The first kappa shape index (κ1) is 23.5. The molecule has 1 atom stereocenters. The SMILES string of the molecule is CCC(Cl)C(Cl)(P(c1ccccc1)c1ccccc1)P(c1ccccc1)c1ccccc1. The van der Waals surface area contributed by atoms with Gasteiger partial charge in [0.15, 0.2) is 0 Å². The molecule has 0 fully saturated rings. The molecule has 32 heavy (non-hydrogen) atoms. The van der Waals surface area contributed by atoms with Crippen LogP contribution in [0.5, 0.6) is 0 Å². The molecule has 0 heterocycles. The van der Waals surface area contributed by atoms with Crippen LogP contribution in [-0.4, -0.2) is 9.73 Å². The van der Waals surface area contributed by atoms with Gasteiger partial charge in [-0.2, -0.15) is 0 Å². The van der Waals surface area contributed by atoms with Crippen molar-refractivity contribution >= 4 is 60.3 Å². The van der Waals surface area contributed by atoms with Gasteiger partial charge >= 0.3 is 0 Å². The van der Waals surface area contributed by atoms with Crippen LogP contribution in [0, 0.1) is 0 Å². The molecule has 0 bridgehead atoms. The van der Waals surface area contributed by atoms with Crippen molar-refractivity contribution in [3.05, 3.63) is 121 Å². The molecule has 0 aromatic heterocycles. The van der Waals surface area contributed by atoms with Crippen LogP contribution >= 0.6 is 39.0 Å². The highest BCUT2D eigenvalue weighted by molar-refractivity contribution is 7.93. The molecule has 0 saturated heterocycles.